The summed E-state index contributed by atoms with van der Waals surface area (Å²) in [6.45, 7) is 5.90. The SMILES string of the molecule is Cc1cncc(Nc2nc(C)cc(C)c2C(N)=S)c1. The number of anilines is 2. The van der Waals surface area contributed by atoms with Gasteiger partial charge in [0.25, 0.3) is 0 Å². The fourth-order valence-electron chi connectivity index (χ4n) is 2.00. The fourth-order valence-corrected chi connectivity index (χ4v) is 2.26. The maximum atomic E-state index is 5.78. The van der Waals surface area contributed by atoms with Gasteiger partial charge in [-0.05, 0) is 44.0 Å². The first-order valence-electron chi connectivity index (χ1n) is 5.94. The number of nitrogens with two attached hydrogens (primary N) is 1. The number of thiocarbonyl (C=S) groups is 1. The minimum Gasteiger partial charge on any atom is -0.389 e. The van der Waals surface area contributed by atoms with Gasteiger partial charge in [-0.15, -0.1) is 0 Å². The van der Waals surface area contributed by atoms with Crippen molar-refractivity contribution in [2.24, 2.45) is 5.73 Å². The third-order valence-corrected chi connectivity index (χ3v) is 2.93. The maximum Gasteiger partial charge on any atom is 0.141 e. The first-order valence-corrected chi connectivity index (χ1v) is 6.35. The van der Waals surface area contributed by atoms with Crippen LogP contribution in [0.3, 0.4) is 0 Å². The summed E-state index contributed by atoms with van der Waals surface area (Å²) in [5.41, 5.74) is 10.4. The van der Waals surface area contributed by atoms with Crippen molar-refractivity contribution in [1.29, 1.82) is 0 Å². The van der Waals surface area contributed by atoms with E-state index >= 15 is 0 Å². The normalized spacial score (nSPS) is 10.3. The number of hydrogen-bond acceptors (Lipinski definition) is 4. The van der Waals surface area contributed by atoms with Crippen LogP contribution < -0.4 is 11.1 Å². The molecule has 0 unspecified atom stereocenters. The Kier molecular flexibility index (Phi) is 3.76. The van der Waals surface area contributed by atoms with E-state index in [1.54, 1.807) is 12.4 Å². The van der Waals surface area contributed by atoms with Crippen molar-refractivity contribution in [2.45, 2.75) is 20.8 Å². The topological polar surface area (TPSA) is 63.8 Å². The highest BCUT2D eigenvalue weighted by Gasteiger charge is 2.11. The van der Waals surface area contributed by atoms with Crippen molar-refractivity contribution in [3.63, 3.8) is 0 Å². The molecule has 0 aliphatic rings. The monoisotopic (exact) mass is 272 g/mol. The highest BCUT2D eigenvalue weighted by atomic mass is 32.1. The zero-order chi connectivity index (χ0) is 14.0. The van der Waals surface area contributed by atoms with E-state index in [0.717, 1.165) is 28.1 Å². The van der Waals surface area contributed by atoms with Crippen LogP contribution in [0, 0.1) is 20.8 Å². The molecule has 0 aliphatic carbocycles. The number of nitrogens with one attached hydrogen (secondary N) is 1. The molecule has 0 spiro atoms. The Balaban J connectivity index is 2.47. The minimum absolute atomic E-state index is 0.341. The van der Waals surface area contributed by atoms with E-state index in [1.165, 1.54) is 0 Å². The summed E-state index contributed by atoms with van der Waals surface area (Å²) in [7, 11) is 0. The second-order valence-electron chi connectivity index (χ2n) is 4.54. The lowest BCUT2D eigenvalue weighted by atomic mass is 10.1. The molecule has 4 nitrogen and oxygen atoms in total. The van der Waals surface area contributed by atoms with E-state index in [1.807, 2.05) is 32.9 Å². The van der Waals surface area contributed by atoms with Gasteiger partial charge in [-0.25, -0.2) is 4.98 Å². The molecule has 0 aromatic carbocycles. The Hall–Kier alpha value is -2.01. The van der Waals surface area contributed by atoms with E-state index < -0.39 is 0 Å². The van der Waals surface area contributed by atoms with Gasteiger partial charge in [0.15, 0.2) is 0 Å². The van der Waals surface area contributed by atoms with Crippen molar-refractivity contribution in [3.8, 4) is 0 Å². The second-order valence-corrected chi connectivity index (χ2v) is 4.98. The van der Waals surface area contributed by atoms with E-state index in [-0.39, 0.29) is 0 Å². The van der Waals surface area contributed by atoms with Crippen molar-refractivity contribution in [2.75, 3.05) is 5.32 Å². The van der Waals surface area contributed by atoms with Crippen molar-refractivity contribution in [3.05, 3.63) is 46.9 Å². The lowest BCUT2D eigenvalue weighted by Gasteiger charge is -2.13. The van der Waals surface area contributed by atoms with Crippen LogP contribution in [0.4, 0.5) is 11.5 Å². The van der Waals surface area contributed by atoms with Gasteiger partial charge in [0.05, 0.1) is 17.4 Å². The zero-order valence-corrected chi connectivity index (χ0v) is 12.0. The molecule has 2 aromatic heterocycles. The molecule has 98 valence electrons. The summed E-state index contributed by atoms with van der Waals surface area (Å²) >= 11 is 5.10. The van der Waals surface area contributed by atoms with Crippen LogP contribution >= 0.6 is 12.2 Å². The van der Waals surface area contributed by atoms with Gasteiger partial charge in [-0.3, -0.25) is 4.98 Å². The number of hydrogen-bond donors (Lipinski definition) is 2. The van der Waals surface area contributed by atoms with Gasteiger partial charge < -0.3 is 11.1 Å². The first kappa shape index (κ1) is 13.4. The largest absolute Gasteiger partial charge is 0.389 e. The number of rotatable bonds is 3. The van der Waals surface area contributed by atoms with Gasteiger partial charge in [0.1, 0.15) is 10.8 Å². The Morgan fingerprint density at radius 3 is 2.58 bits per heavy atom. The van der Waals surface area contributed by atoms with Crippen LogP contribution in [0.2, 0.25) is 0 Å². The lowest BCUT2D eigenvalue weighted by molar-refractivity contribution is 1.16. The summed E-state index contributed by atoms with van der Waals surface area (Å²) < 4.78 is 0. The zero-order valence-electron chi connectivity index (χ0n) is 11.2. The molecule has 0 radical (unpaired) electrons. The molecule has 0 atom stereocenters. The molecular weight excluding hydrogens is 256 g/mol. The van der Waals surface area contributed by atoms with Crippen molar-refractivity contribution >= 4 is 28.7 Å². The molecule has 19 heavy (non-hydrogen) atoms. The molecule has 0 bridgehead atoms. The van der Waals surface area contributed by atoms with Crippen LogP contribution in [0.15, 0.2) is 24.5 Å². The Labute approximate surface area is 118 Å². The Bertz CT molecular complexity index is 637. The fraction of sp³-hybridized carbons (Fsp3) is 0.214. The number of pyridine rings is 2. The molecule has 0 amide bonds. The minimum atomic E-state index is 0.341. The Morgan fingerprint density at radius 1 is 1.21 bits per heavy atom. The van der Waals surface area contributed by atoms with Gasteiger partial charge in [0, 0.05) is 11.9 Å². The van der Waals surface area contributed by atoms with Crippen LogP contribution in [0.5, 0.6) is 0 Å². The van der Waals surface area contributed by atoms with Crippen molar-refractivity contribution < 1.29 is 0 Å². The highest BCUT2D eigenvalue weighted by Crippen LogP contribution is 2.22. The summed E-state index contributed by atoms with van der Waals surface area (Å²) in [6, 6.07) is 3.96. The van der Waals surface area contributed by atoms with Crippen LogP contribution in [0.1, 0.15) is 22.4 Å². The van der Waals surface area contributed by atoms with Crippen LogP contribution in [-0.4, -0.2) is 15.0 Å². The predicted octanol–water partition coefficient (Wildman–Crippen LogP) is 2.78. The van der Waals surface area contributed by atoms with Crippen LogP contribution in [-0.2, 0) is 0 Å². The molecular formula is C14H16N4S. The summed E-state index contributed by atoms with van der Waals surface area (Å²) in [4.78, 5) is 8.96. The van der Waals surface area contributed by atoms with E-state index in [2.05, 4.69) is 15.3 Å². The molecule has 0 aliphatic heterocycles. The van der Waals surface area contributed by atoms with Gasteiger partial charge in [-0.1, -0.05) is 12.2 Å². The molecule has 2 heterocycles. The first-order chi connectivity index (χ1) is 8.97. The molecule has 0 saturated carbocycles. The smallest absolute Gasteiger partial charge is 0.141 e. The average Bonchev–Trinajstić information content (AvgIpc) is 2.26. The second kappa shape index (κ2) is 5.32. The van der Waals surface area contributed by atoms with Gasteiger partial charge in [0.2, 0.25) is 0 Å². The quantitative estimate of drug-likeness (QED) is 0.841. The standard InChI is InChI=1S/C14H16N4S/c1-8-4-11(7-16-6-8)18-14-12(13(15)19)9(2)5-10(3)17-14/h4-7H,1-3H3,(H2,15,19)(H,17,18). The van der Waals surface area contributed by atoms with E-state index in [0.29, 0.717) is 10.8 Å². The summed E-state index contributed by atoms with van der Waals surface area (Å²) in [5, 5.41) is 3.24. The van der Waals surface area contributed by atoms with Crippen LogP contribution in [0.25, 0.3) is 0 Å². The molecule has 5 heteroatoms. The third kappa shape index (κ3) is 3.06. The molecule has 2 aromatic rings. The molecule has 0 saturated heterocycles. The molecule has 0 fully saturated rings. The number of aryl methyl sites for hydroxylation is 3. The van der Waals surface area contributed by atoms with E-state index in [4.69, 9.17) is 18.0 Å². The number of aromatic nitrogens is 2. The average molecular weight is 272 g/mol. The van der Waals surface area contributed by atoms with Crippen molar-refractivity contribution in [1.82, 2.24) is 9.97 Å². The summed E-state index contributed by atoms with van der Waals surface area (Å²) in [5.74, 6) is 0.678. The molecule has 3 N–H and O–H groups in total. The third-order valence-electron chi connectivity index (χ3n) is 2.73. The number of nitrogens with zero attached hydrogens (tertiary/aromatic N) is 2. The lowest BCUT2D eigenvalue weighted by Crippen LogP contribution is -2.15. The maximum absolute atomic E-state index is 5.78. The summed E-state index contributed by atoms with van der Waals surface area (Å²) in [6.07, 6.45) is 3.55. The molecule has 2 rings (SSSR count). The van der Waals surface area contributed by atoms with Gasteiger partial charge in [-0.2, -0.15) is 0 Å². The highest BCUT2D eigenvalue weighted by molar-refractivity contribution is 7.80. The van der Waals surface area contributed by atoms with E-state index in [9.17, 15) is 0 Å². The Morgan fingerprint density at radius 2 is 1.95 bits per heavy atom. The van der Waals surface area contributed by atoms with Gasteiger partial charge >= 0.3 is 0 Å². The predicted molar refractivity (Wildman–Crippen MR) is 81.9 cm³/mol.